The molecule has 0 spiro atoms. The van der Waals surface area contributed by atoms with E-state index in [1.54, 1.807) is 0 Å². The molecule has 30 heavy (non-hydrogen) atoms. The summed E-state index contributed by atoms with van der Waals surface area (Å²) in [7, 11) is -2.87. The fraction of sp³-hybridized carbons (Fsp3) is 0.682. The number of carbonyl (C=O) groups is 1. The summed E-state index contributed by atoms with van der Waals surface area (Å²) in [6.07, 6.45) is 0.725. The van der Waals surface area contributed by atoms with Crippen molar-refractivity contribution >= 4 is 21.4 Å². The van der Waals surface area contributed by atoms with E-state index in [1.807, 2.05) is 17.0 Å². The molecule has 3 aliphatic rings. The summed E-state index contributed by atoms with van der Waals surface area (Å²) in [6, 6.07) is 8.74. The molecule has 1 aromatic rings. The molecule has 0 saturated carbocycles. The molecule has 1 atom stereocenters. The third kappa shape index (κ3) is 4.81. The average molecular weight is 435 g/mol. The number of nitrogens with zero attached hydrogens (tertiary/aromatic N) is 4. The lowest BCUT2D eigenvalue weighted by molar-refractivity contribution is 0.0588. The maximum Gasteiger partial charge on any atom is 0.253 e. The molecule has 0 aliphatic carbocycles. The fourth-order valence-electron chi connectivity index (χ4n) is 4.85. The van der Waals surface area contributed by atoms with E-state index in [0.717, 1.165) is 51.3 Å². The summed E-state index contributed by atoms with van der Waals surface area (Å²) in [5.74, 6) is 0.647. The molecular formula is C22H34N4O3S. The van der Waals surface area contributed by atoms with Crippen LogP contribution in [-0.4, -0.2) is 105 Å². The Bertz CT molecular complexity index is 840. The minimum Gasteiger partial charge on any atom is -0.369 e. The SMILES string of the molecule is CC(C)N1CCN(c2ccc(C(=O)N3CCN(C4CCS(=O)(=O)C4)CC3)cc2)CC1. The van der Waals surface area contributed by atoms with E-state index < -0.39 is 9.84 Å². The Hall–Kier alpha value is -1.64. The number of amides is 1. The molecular weight excluding hydrogens is 400 g/mol. The highest BCUT2D eigenvalue weighted by Gasteiger charge is 2.34. The summed E-state index contributed by atoms with van der Waals surface area (Å²) >= 11 is 0. The molecule has 3 heterocycles. The molecule has 8 heteroatoms. The second kappa shape index (κ2) is 8.85. The van der Waals surface area contributed by atoms with Crippen molar-refractivity contribution in [2.24, 2.45) is 0 Å². The Labute approximate surface area is 180 Å². The minimum absolute atomic E-state index is 0.0740. The van der Waals surface area contributed by atoms with Gasteiger partial charge in [-0.05, 0) is 44.5 Å². The summed E-state index contributed by atoms with van der Waals surface area (Å²) in [6.45, 7) is 11.5. The van der Waals surface area contributed by atoms with Crippen LogP contribution in [0.4, 0.5) is 5.69 Å². The number of carbonyl (C=O) groups excluding carboxylic acids is 1. The Balaban J connectivity index is 1.29. The quantitative estimate of drug-likeness (QED) is 0.709. The second-order valence-electron chi connectivity index (χ2n) is 9.05. The zero-order valence-electron chi connectivity index (χ0n) is 18.2. The van der Waals surface area contributed by atoms with Crippen LogP contribution in [0.15, 0.2) is 24.3 Å². The maximum absolute atomic E-state index is 12.9. The number of hydrogen-bond acceptors (Lipinski definition) is 6. The largest absolute Gasteiger partial charge is 0.369 e. The lowest BCUT2D eigenvalue weighted by atomic mass is 10.1. The maximum atomic E-state index is 12.9. The van der Waals surface area contributed by atoms with Gasteiger partial charge in [-0.1, -0.05) is 0 Å². The Kier molecular flexibility index (Phi) is 6.36. The molecule has 1 unspecified atom stereocenters. The highest BCUT2D eigenvalue weighted by molar-refractivity contribution is 7.91. The van der Waals surface area contributed by atoms with Crippen molar-refractivity contribution in [1.29, 1.82) is 0 Å². The molecule has 3 fully saturated rings. The van der Waals surface area contributed by atoms with Gasteiger partial charge in [0.05, 0.1) is 11.5 Å². The van der Waals surface area contributed by atoms with Crippen molar-refractivity contribution in [3.05, 3.63) is 29.8 Å². The van der Waals surface area contributed by atoms with Gasteiger partial charge in [-0.2, -0.15) is 0 Å². The summed E-state index contributed by atoms with van der Waals surface area (Å²) in [4.78, 5) is 22.0. The van der Waals surface area contributed by atoms with Crippen molar-refractivity contribution in [2.75, 3.05) is 68.8 Å². The van der Waals surface area contributed by atoms with Crippen molar-refractivity contribution < 1.29 is 13.2 Å². The van der Waals surface area contributed by atoms with Gasteiger partial charge in [0.15, 0.2) is 9.84 Å². The second-order valence-corrected chi connectivity index (χ2v) is 11.3. The van der Waals surface area contributed by atoms with E-state index in [1.165, 1.54) is 5.69 Å². The predicted molar refractivity (Wildman–Crippen MR) is 120 cm³/mol. The third-order valence-electron chi connectivity index (χ3n) is 6.85. The molecule has 166 valence electrons. The predicted octanol–water partition coefficient (Wildman–Crippen LogP) is 1.16. The number of anilines is 1. The Morgan fingerprint density at radius 1 is 0.933 bits per heavy atom. The average Bonchev–Trinajstić information content (AvgIpc) is 3.13. The number of piperazine rings is 2. The van der Waals surface area contributed by atoms with Crippen LogP contribution >= 0.6 is 0 Å². The van der Waals surface area contributed by atoms with E-state index in [4.69, 9.17) is 0 Å². The van der Waals surface area contributed by atoms with Gasteiger partial charge in [-0.25, -0.2) is 8.42 Å². The number of rotatable bonds is 4. The van der Waals surface area contributed by atoms with Gasteiger partial charge in [-0.15, -0.1) is 0 Å². The van der Waals surface area contributed by atoms with Crippen molar-refractivity contribution in [1.82, 2.24) is 14.7 Å². The van der Waals surface area contributed by atoms with Gasteiger partial charge in [-0.3, -0.25) is 14.6 Å². The molecule has 4 rings (SSSR count). The summed E-state index contributed by atoms with van der Waals surface area (Å²) in [5.41, 5.74) is 1.92. The Morgan fingerprint density at radius 2 is 1.57 bits per heavy atom. The van der Waals surface area contributed by atoms with Crippen LogP contribution in [0.5, 0.6) is 0 Å². The summed E-state index contributed by atoms with van der Waals surface area (Å²) < 4.78 is 23.5. The first-order valence-electron chi connectivity index (χ1n) is 11.2. The molecule has 0 radical (unpaired) electrons. The molecule has 1 amide bonds. The molecule has 0 aromatic heterocycles. The first kappa shape index (κ1) is 21.6. The van der Waals surface area contributed by atoms with Crippen molar-refractivity contribution in [2.45, 2.75) is 32.4 Å². The monoisotopic (exact) mass is 434 g/mol. The number of sulfone groups is 1. The van der Waals surface area contributed by atoms with E-state index >= 15 is 0 Å². The van der Waals surface area contributed by atoms with Crippen LogP contribution in [0.3, 0.4) is 0 Å². The number of benzene rings is 1. The number of hydrogen-bond donors (Lipinski definition) is 0. The third-order valence-corrected chi connectivity index (χ3v) is 8.60. The minimum atomic E-state index is -2.87. The first-order chi connectivity index (χ1) is 14.3. The van der Waals surface area contributed by atoms with Crippen LogP contribution in [0.25, 0.3) is 0 Å². The highest BCUT2D eigenvalue weighted by atomic mass is 32.2. The van der Waals surface area contributed by atoms with Crippen LogP contribution in [0.1, 0.15) is 30.6 Å². The first-order valence-corrected chi connectivity index (χ1v) is 13.0. The molecule has 3 aliphatic heterocycles. The van der Waals surface area contributed by atoms with Crippen LogP contribution in [0.2, 0.25) is 0 Å². The molecule has 0 bridgehead atoms. The van der Waals surface area contributed by atoms with E-state index in [0.29, 0.717) is 24.9 Å². The zero-order chi connectivity index (χ0) is 21.3. The molecule has 7 nitrogen and oxygen atoms in total. The standard InChI is InChI=1S/C22H34N4O3S/c1-18(2)23-8-10-24(11-9-23)20-5-3-19(4-6-20)22(27)26-14-12-25(13-15-26)21-7-16-30(28,29)17-21/h3-6,18,21H,7-17H2,1-2H3. The lowest BCUT2D eigenvalue weighted by Gasteiger charge is -2.38. The van der Waals surface area contributed by atoms with Gasteiger partial charge < -0.3 is 9.80 Å². The zero-order valence-corrected chi connectivity index (χ0v) is 19.0. The Morgan fingerprint density at radius 3 is 2.10 bits per heavy atom. The normalized spacial score (nSPS) is 25.8. The van der Waals surface area contributed by atoms with Crippen LogP contribution in [-0.2, 0) is 9.84 Å². The molecule has 0 N–H and O–H groups in total. The van der Waals surface area contributed by atoms with Gasteiger partial charge in [0, 0.05) is 75.7 Å². The molecule has 1 aromatic carbocycles. The summed E-state index contributed by atoms with van der Waals surface area (Å²) in [5, 5.41) is 0. The van der Waals surface area contributed by atoms with Gasteiger partial charge >= 0.3 is 0 Å². The van der Waals surface area contributed by atoms with Gasteiger partial charge in [0.2, 0.25) is 0 Å². The lowest BCUT2D eigenvalue weighted by Crippen LogP contribution is -2.52. The van der Waals surface area contributed by atoms with Crippen molar-refractivity contribution in [3.8, 4) is 0 Å². The van der Waals surface area contributed by atoms with Crippen LogP contribution in [0, 0.1) is 0 Å². The van der Waals surface area contributed by atoms with Crippen LogP contribution < -0.4 is 4.90 Å². The fourth-order valence-corrected chi connectivity index (χ4v) is 6.61. The van der Waals surface area contributed by atoms with E-state index in [2.05, 4.69) is 40.7 Å². The topological polar surface area (TPSA) is 64.2 Å². The molecule has 3 saturated heterocycles. The highest BCUT2D eigenvalue weighted by Crippen LogP contribution is 2.21. The van der Waals surface area contributed by atoms with E-state index in [9.17, 15) is 13.2 Å². The van der Waals surface area contributed by atoms with Crippen molar-refractivity contribution in [3.63, 3.8) is 0 Å². The smallest absolute Gasteiger partial charge is 0.253 e. The van der Waals surface area contributed by atoms with Gasteiger partial charge in [0.25, 0.3) is 5.91 Å². The van der Waals surface area contributed by atoms with E-state index in [-0.39, 0.29) is 17.7 Å². The van der Waals surface area contributed by atoms with Gasteiger partial charge in [0.1, 0.15) is 0 Å².